The predicted molar refractivity (Wildman–Crippen MR) is 306 cm³/mol. The van der Waals surface area contributed by atoms with Crippen LogP contribution in [0.1, 0.15) is 348 Å². The minimum Gasteiger partial charge on any atom is -0.466 e. The summed E-state index contributed by atoms with van der Waals surface area (Å²) in [5, 5.41) is 23.2. The smallest absolute Gasteiger partial charge is 0.305 e. The van der Waals surface area contributed by atoms with Crippen molar-refractivity contribution in [2.75, 3.05) is 13.2 Å². The fourth-order valence-corrected chi connectivity index (χ4v) is 9.87. The first-order chi connectivity index (χ1) is 34.5. The van der Waals surface area contributed by atoms with Crippen molar-refractivity contribution in [2.24, 2.45) is 0 Å². The summed E-state index contributed by atoms with van der Waals surface area (Å²) in [7, 11) is 0. The highest BCUT2D eigenvalue weighted by atomic mass is 16.5. The van der Waals surface area contributed by atoms with Gasteiger partial charge < -0.3 is 20.3 Å². The Bertz CT molecular complexity index is 1090. The summed E-state index contributed by atoms with van der Waals surface area (Å²) in [5.41, 5.74) is 0. The lowest BCUT2D eigenvalue weighted by molar-refractivity contribution is -0.143. The van der Waals surface area contributed by atoms with Crippen molar-refractivity contribution < 1.29 is 24.5 Å². The molecule has 2 unspecified atom stereocenters. The van der Waals surface area contributed by atoms with Crippen LogP contribution >= 0.6 is 0 Å². The summed E-state index contributed by atoms with van der Waals surface area (Å²) in [5.74, 6) is -0.0784. The molecule has 0 aliphatic heterocycles. The fourth-order valence-electron chi connectivity index (χ4n) is 9.87. The van der Waals surface area contributed by atoms with Gasteiger partial charge in [-0.05, 0) is 57.8 Å². The lowest BCUT2D eigenvalue weighted by Crippen LogP contribution is -2.45. The molecule has 3 N–H and O–H groups in total. The topological polar surface area (TPSA) is 95.9 Å². The van der Waals surface area contributed by atoms with E-state index in [-0.39, 0.29) is 18.5 Å². The van der Waals surface area contributed by atoms with E-state index in [1.165, 1.54) is 263 Å². The van der Waals surface area contributed by atoms with Crippen molar-refractivity contribution >= 4 is 11.9 Å². The van der Waals surface area contributed by atoms with Crippen LogP contribution in [0.4, 0.5) is 0 Å². The van der Waals surface area contributed by atoms with Gasteiger partial charge in [0.05, 0.1) is 25.4 Å². The van der Waals surface area contributed by atoms with E-state index < -0.39 is 12.1 Å². The first-order valence-electron chi connectivity index (χ1n) is 31.6. The lowest BCUT2D eigenvalue weighted by Gasteiger charge is -2.20. The van der Waals surface area contributed by atoms with Gasteiger partial charge in [0.25, 0.3) is 0 Å². The molecular formula is C64H123NO5. The van der Waals surface area contributed by atoms with Crippen LogP contribution in [0.25, 0.3) is 0 Å². The molecule has 0 rings (SSSR count). The van der Waals surface area contributed by atoms with Gasteiger partial charge in [0.15, 0.2) is 0 Å². The highest BCUT2D eigenvalue weighted by Crippen LogP contribution is 2.18. The van der Waals surface area contributed by atoms with Crippen molar-refractivity contribution in [3.8, 4) is 0 Å². The Hall–Kier alpha value is -1.66. The molecule has 0 saturated heterocycles. The number of esters is 1. The molecule has 70 heavy (non-hydrogen) atoms. The van der Waals surface area contributed by atoms with Crippen LogP contribution in [0.2, 0.25) is 0 Å². The minimum absolute atomic E-state index is 0.00307. The number of hydrogen-bond donors (Lipinski definition) is 3. The Morgan fingerprint density at radius 2 is 0.671 bits per heavy atom. The number of ether oxygens (including phenoxy) is 1. The average Bonchev–Trinajstić information content (AvgIpc) is 3.36. The molecule has 0 saturated carbocycles. The van der Waals surface area contributed by atoms with E-state index in [9.17, 15) is 19.8 Å². The van der Waals surface area contributed by atoms with Crippen LogP contribution < -0.4 is 5.32 Å². The summed E-state index contributed by atoms with van der Waals surface area (Å²) in [6.07, 6.45) is 73.5. The average molecular weight is 987 g/mol. The van der Waals surface area contributed by atoms with E-state index in [1.54, 1.807) is 6.08 Å². The lowest BCUT2D eigenvalue weighted by atomic mass is 10.0. The number of nitrogens with one attached hydrogen (secondary N) is 1. The second-order valence-electron chi connectivity index (χ2n) is 21.7. The van der Waals surface area contributed by atoms with Gasteiger partial charge in [-0.1, -0.05) is 301 Å². The van der Waals surface area contributed by atoms with Gasteiger partial charge in [-0.15, -0.1) is 0 Å². The molecule has 414 valence electrons. The molecule has 0 bridgehead atoms. The zero-order chi connectivity index (χ0) is 50.7. The summed E-state index contributed by atoms with van der Waals surface area (Å²) >= 11 is 0. The number of aliphatic hydroxyl groups is 2. The minimum atomic E-state index is -0.852. The van der Waals surface area contributed by atoms with Gasteiger partial charge in [-0.25, -0.2) is 0 Å². The summed E-state index contributed by atoms with van der Waals surface area (Å²) < 4.78 is 5.49. The molecule has 1 amide bonds. The maximum absolute atomic E-state index is 12.5. The molecule has 0 radical (unpaired) electrons. The first-order valence-corrected chi connectivity index (χ1v) is 31.6. The van der Waals surface area contributed by atoms with Crippen molar-refractivity contribution in [1.82, 2.24) is 5.32 Å². The Balaban J connectivity index is 3.45. The van der Waals surface area contributed by atoms with E-state index >= 15 is 0 Å². The van der Waals surface area contributed by atoms with Crippen molar-refractivity contribution in [3.05, 3.63) is 24.3 Å². The van der Waals surface area contributed by atoms with E-state index in [4.69, 9.17) is 4.74 Å². The molecule has 6 nitrogen and oxygen atoms in total. The third kappa shape index (κ3) is 55.7. The van der Waals surface area contributed by atoms with Gasteiger partial charge in [-0.2, -0.15) is 0 Å². The highest BCUT2D eigenvalue weighted by molar-refractivity contribution is 5.76. The summed E-state index contributed by atoms with van der Waals surface area (Å²) in [4.78, 5) is 24.6. The second kappa shape index (κ2) is 59.9. The number of rotatable bonds is 59. The van der Waals surface area contributed by atoms with Crippen LogP contribution in [0.5, 0.6) is 0 Å². The number of unbranched alkanes of at least 4 members (excludes halogenated alkanes) is 46. The summed E-state index contributed by atoms with van der Waals surface area (Å²) in [6, 6.07) is -0.637. The fraction of sp³-hybridized carbons (Fsp3) is 0.906. The molecule has 2 atom stereocenters. The second-order valence-corrected chi connectivity index (χ2v) is 21.7. The molecule has 0 aromatic rings. The first kappa shape index (κ1) is 68.3. The monoisotopic (exact) mass is 986 g/mol. The zero-order valence-electron chi connectivity index (χ0n) is 47.3. The molecule has 0 spiro atoms. The van der Waals surface area contributed by atoms with Gasteiger partial charge in [0.2, 0.25) is 5.91 Å². The predicted octanol–water partition coefficient (Wildman–Crippen LogP) is 19.8. The van der Waals surface area contributed by atoms with E-state index in [0.29, 0.717) is 19.4 Å². The van der Waals surface area contributed by atoms with Crippen molar-refractivity contribution in [3.63, 3.8) is 0 Å². The third-order valence-corrected chi connectivity index (χ3v) is 14.7. The van der Waals surface area contributed by atoms with Crippen LogP contribution in [-0.2, 0) is 14.3 Å². The number of allylic oxidation sites excluding steroid dienone is 3. The number of amides is 1. The standard InChI is InChI=1S/C64H123NO5/c1-3-5-7-9-11-13-15-17-19-21-23-25-26-28-32-36-40-44-48-52-56-62(67)61(60-66)65-63(68)57-53-49-45-41-37-33-30-31-35-39-43-47-51-55-59-70-64(69)58-54-50-46-42-38-34-29-27-24-22-20-18-16-14-12-10-8-6-4-2/h18,20,52,56,61-62,66-67H,3-17,19,21-51,53-55,57-60H2,1-2H3,(H,65,68)/b20-18-,56-52+. The van der Waals surface area contributed by atoms with Crippen LogP contribution in [0, 0.1) is 0 Å². The van der Waals surface area contributed by atoms with Gasteiger partial charge in [0, 0.05) is 12.8 Å². The third-order valence-electron chi connectivity index (χ3n) is 14.7. The SMILES string of the molecule is CCCCCCCC/C=C\CCCCCCCCCCCC(=O)OCCCCCCCCCCCCCCCCC(=O)NC(CO)C(O)/C=C/CCCCCCCCCCCCCCCCCCCC. The number of hydrogen-bond acceptors (Lipinski definition) is 5. The van der Waals surface area contributed by atoms with Crippen molar-refractivity contribution in [1.29, 1.82) is 0 Å². The Morgan fingerprint density at radius 3 is 1.01 bits per heavy atom. The van der Waals surface area contributed by atoms with Crippen LogP contribution in [0.15, 0.2) is 24.3 Å². The molecule has 0 aromatic heterocycles. The number of carbonyl (C=O) groups is 2. The molecule has 0 aliphatic rings. The molecule has 0 heterocycles. The van der Waals surface area contributed by atoms with Crippen molar-refractivity contribution in [2.45, 2.75) is 360 Å². The van der Waals surface area contributed by atoms with Gasteiger partial charge in [0.1, 0.15) is 0 Å². The molecule has 0 aromatic carbocycles. The van der Waals surface area contributed by atoms with Gasteiger partial charge in [-0.3, -0.25) is 9.59 Å². The van der Waals surface area contributed by atoms with E-state index in [2.05, 4.69) is 31.3 Å². The quantitative estimate of drug-likeness (QED) is 0.0321. The maximum Gasteiger partial charge on any atom is 0.305 e. The highest BCUT2D eigenvalue weighted by Gasteiger charge is 2.18. The largest absolute Gasteiger partial charge is 0.466 e. The molecular weight excluding hydrogens is 863 g/mol. The Morgan fingerprint density at radius 1 is 0.386 bits per heavy atom. The summed E-state index contributed by atoms with van der Waals surface area (Å²) in [6.45, 7) is 4.90. The molecule has 6 heteroatoms. The number of aliphatic hydroxyl groups excluding tert-OH is 2. The van der Waals surface area contributed by atoms with Gasteiger partial charge >= 0.3 is 5.97 Å². The van der Waals surface area contributed by atoms with E-state index in [1.807, 2.05) is 6.08 Å². The Labute approximate surface area is 437 Å². The molecule has 0 aliphatic carbocycles. The van der Waals surface area contributed by atoms with Crippen LogP contribution in [-0.4, -0.2) is 47.4 Å². The normalized spacial score (nSPS) is 12.7. The maximum atomic E-state index is 12.5. The van der Waals surface area contributed by atoms with E-state index in [0.717, 1.165) is 57.8 Å². The zero-order valence-corrected chi connectivity index (χ0v) is 47.3. The Kier molecular flexibility index (Phi) is 58.5. The molecule has 0 fully saturated rings. The number of carbonyl (C=O) groups excluding carboxylic acids is 2. The van der Waals surface area contributed by atoms with Crippen LogP contribution in [0.3, 0.4) is 0 Å².